The number of fused-ring (bicyclic) bond motifs is 1. The van der Waals surface area contributed by atoms with E-state index in [0.717, 1.165) is 16.9 Å². The summed E-state index contributed by atoms with van der Waals surface area (Å²) in [5.41, 5.74) is 1.79. The third-order valence-corrected chi connectivity index (χ3v) is 2.44. The van der Waals surface area contributed by atoms with Gasteiger partial charge >= 0.3 is 0 Å². The molecular formula is C9H7ClN6. The molecular weight excluding hydrogens is 228 g/mol. The van der Waals surface area contributed by atoms with Crippen LogP contribution in [0.25, 0.3) is 11.0 Å². The molecule has 3 rings (SSSR count). The van der Waals surface area contributed by atoms with Crippen LogP contribution in [0.2, 0.25) is 5.02 Å². The van der Waals surface area contributed by atoms with Crippen LogP contribution in [0.3, 0.4) is 0 Å². The molecule has 0 amide bonds. The highest BCUT2D eigenvalue weighted by Crippen LogP contribution is 2.17. The van der Waals surface area contributed by atoms with Crippen LogP contribution in [0, 0.1) is 0 Å². The molecule has 0 atom stereocenters. The molecule has 7 heteroatoms. The fourth-order valence-electron chi connectivity index (χ4n) is 1.53. The molecule has 0 unspecified atom stereocenters. The quantitative estimate of drug-likeness (QED) is 0.701. The smallest absolute Gasteiger partial charge is 0.182 e. The first kappa shape index (κ1) is 9.29. The van der Waals surface area contributed by atoms with Crippen molar-refractivity contribution >= 4 is 22.6 Å². The number of H-pyrrole nitrogens is 2. The largest absolute Gasteiger partial charge is 0.342 e. The van der Waals surface area contributed by atoms with Crippen LogP contribution in [-0.4, -0.2) is 30.6 Å². The van der Waals surface area contributed by atoms with Crippen LogP contribution < -0.4 is 0 Å². The summed E-state index contributed by atoms with van der Waals surface area (Å²) in [4.78, 5) is 7.55. The van der Waals surface area contributed by atoms with Crippen molar-refractivity contribution in [3.63, 3.8) is 0 Å². The van der Waals surface area contributed by atoms with Crippen molar-refractivity contribution in [2.75, 3.05) is 0 Å². The minimum Gasteiger partial charge on any atom is -0.342 e. The topological polar surface area (TPSA) is 83.1 Å². The summed E-state index contributed by atoms with van der Waals surface area (Å²) >= 11 is 5.88. The van der Waals surface area contributed by atoms with Gasteiger partial charge in [0, 0.05) is 5.02 Å². The predicted molar refractivity (Wildman–Crippen MR) is 58.1 cm³/mol. The lowest BCUT2D eigenvalue weighted by Crippen LogP contribution is -1.92. The van der Waals surface area contributed by atoms with Gasteiger partial charge in [0.15, 0.2) is 5.82 Å². The summed E-state index contributed by atoms with van der Waals surface area (Å²) in [7, 11) is 0. The number of tetrazole rings is 1. The molecule has 0 fully saturated rings. The number of nitrogens with zero attached hydrogens (tertiary/aromatic N) is 4. The maximum absolute atomic E-state index is 5.88. The Hall–Kier alpha value is -1.95. The van der Waals surface area contributed by atoms with Gasteiger partial charge in [-0.05, 0) is 18.2 Å². The van der Waals surface area contributed by atoms with Gasteiger partial charge in [-0.2, -0.15) is 5.21 Å². The van der Waals surface area contributed by atoms with Crippen LogP contribution in [0.5, 0.6) is 0 Å². The molecule has 1 aromatic carbocycles. The fourth-order valence-corrected chi connectivity index (χ4v) is 1.70. The van der Waals surface area contributed by atoms with Crippen molar-refractivity contribution in [3.05, 3.63) is 34.9 Å². The number of hydrogen-bond acceptors (Lipinski definition) is 4. The van der Waals surface area contributed by atoms with Gasteiger partial charge in [-0.1, -0.05) is 16.8 Å². The molecule has 0 bridgehead atoms. The fraction of sp³-hybridized carbons (Fsp3) is 0.111. The first-order chi connectivity index (χ1) is 7.81. The molecule has 0 radical (unpaired) electrons. The molecule has 0 aliphatic carbocycles. The van der Waals surface area contributed by atoms with Crippen LogP contribution in [0.1, 0.15) is 11.6 Å². The summed E-state index contributed by atoms with van der Waals surface area (Å²) in [6.07, 6.45) is 0.517. The number of aromatic amines is 2. The summed E-state index contributed by atoms with van der Waals surface area (Å²) in [6.45, 7) is 0. The second-order valence-electron chi connectivity index (χ2n) is 3.35. The second kappa shape index (κ2) is 3.57. The Labute approximate surface area is 95.0 Å². The van der Waals surface area contributed by atoms with Crippen molar-refractivity contribution in [2.45, 2.75) is 6.42 Å². The minimum absolute atomic E-state index is 0.517. The SMILES string of the molecule is Clc1ccc2nc(Cc3nn[nH]n3)[nH]c2c1. The molecule has 3 aromatic rings. The Balaban J connectivity index is 1.99. The molecule has 0 saturated carbocycles. The van der Waals surface area contributed by atoms with Crippen LogP contribution >= 0.6 is 11.6 Å². The number of halogens is 1. The van der Waals surface area contributed by atoms with E-state index in [4.69, 9.17) is 11.6 Å². The van der Waals surface area contributed by atoms with E-state index in [1.165, 1.54) is 0 Å². The number of nitrogens with one attached hydrogen (secondary N) is 2. The first-order valence-corrected chi connectivity index (χ1v) is 5.05. The zero-order valence-electron chi connectivity index (χ0n) is 8.11. The van der Waals surface area contributed by atoms with Gasteiger partial charge in [0.25, 0.3) is 0 Å². The molecule has 0 aliphatic rings. The van der Waals surface area contributed by atoms with E-state index < -0.39 is 0 Å². The van der Waals surface area contributed by atoms with Crippen molar-refractivity contribution in [1.29, 1.82) is 0 Å². The van der Waals surface area contributed by atoms with Gasteiger partial charge in [0.05, 0.1) is 17.5 Å². The maximum atomic E-state index is 5.88. The Kier molecular flexibility index (Phi) is 2.07. The molecule has 2 N–H and O–H groups in total. The number of imidazole rings is 1. The molecule has 6 nitrogen and oxygen atoms in total. The molecule has 2 aromatic heterocycles. The average Bonchev–Trinajstić information content (AvgIpc) is 2.86. The van der Waals surface area contributed by atoms with Gasteiger partial charge in [0.1, 0.15) is 5.82 Å². The molecule has 0 saturated heterocycles. The van der Waals surface area contributed by atoms with Crippen LogP contribution in [-0.2, 0) is 6.42 Å². The zero-order chi connectivity index (χ0) is 11.0. The van der Waals surface area contributed by atoms with E-state index in [1.807, 2.05) is 18.2 Å². The van der Waals surface area contributed by atoms with E-state index in [2.05, 4.69) is 30.6 Å². The van der Waals surface area contributed by atoms with Gasteiger partial charge in [-0.15, -0.1) is 10.2 Å². The summed E-state index contributed by atoms with van der Waals surface area (Å²) in [6, 6.07) is 5.51. The van der Waals surface area contributed by atoms with Crippen LogP contribution in [0.4, 0.5) is 0 Å². The van der Waals surface area contributed by atoms with Crippen molar-refractivity contribution in [2.24, 2.45) is 0 Å². The molecule has 2 heterocycles. The molecule has 80 valence electrons. The Morgan fingerprint density at radius 3 is 3.06 bits per heavy atom. The zero-order valence-corrected chi connectivity index (χ0v) is 8.86. The average molecular weight is 235 g/mol. The second-order valence-corrected chi connectivity index (χ2v) is 3.79. The molecule has 0 aliphatic heterocycles. The number of benzene rings is 1. The summed E-state index contributed by atoms with van der Waals surface area (Å²) < 4.78 is 0. The highest BCUT2D eigenvalue weighted by molar-refractivity contribution is 6.31. The first-order valence-electron chi connectivity index (χ1n) is 4.68. The van der Waals surface area contributed by atoms with Crippen molar-refractivity contribution in [1.82, 2.24) is 30.6 Å². The number of hydrogen-bond donors (Lipinski definition) is 2. The highest BCUT2D eigenvalue weighted by Gasteiger charge is 2.06. The Bertz CT molecular complexity index is 614. The van der Waals surface area contributed by atoms with E-state index in [0.29, 0.717) is 17.3 Å². The van der Waals surface area contributed by atoms with E-state index >= 15 is 0 Å². The lowest BCUT2D eigenvalue weighted by Gasteiger charge is -1.88. The van der Waals surface area contributed by atoms with E-state index in [9.17, 15) is 0 Å². The van der Waals surface area contributed by atoms with E-state index in [1.54, 1.807) is 0 Å². The summed E-state index contributed by atoms with van der Waals surface area (Å²) in [5.74, 6) is 1.39. The van der Waals surface area contributed by atoms with Crippen LogP contribution in [0.15, 0.2) is 18.2 Å². The number of rotatable bonds is 2. The van der Waals surface area contributed by atoms with E-state index in [-0.39, 0.29) is 0 Å². The van der Waals surface area contributed by atoms with Gasteiger partial charge < -0.3 is 4.98 Å². The Morgan fingerprint density at radius 1 is 1.31 bits per heavy atom. The molecule has 0 spiro atoms. The lowest BCUT2D eigenvalue weighted by atomic mass is 10.3. The van der Waals surface area contributed by atoms with Gasteiger partial charge in [0.2, 0.25) is 0 Å². The predicted octanol–water partition coefficient (Wildman–Crippen LogP) is 1.32. The van der Waals surface area contributed by atoms with Gasteiger partial charge in [-0.25, -0.2) is 4.98 Å². The third kappa shape index (κ3) is 1.63. The summed E-state index contributed by atoms with van der Waals surface area (Å²) in [5, 5.41) is 14.3. The van der Waals surface area contributed by atoms with Gasteiger partial charge in [-0.3, -0.25) is 0 Å². The third-order valence-electron chi connectivity index (χ3n) is 2.21. The standard InChI is InChI=1S/C9H7ClN6/c10-5-1-2-6-7(3-5)12-8(11-6)4-9-13-15-16-14-9/h1-3H,4H2,(H,11,12)(H,13,14,15,16). The highest BCUT2D eigenvalue weighted by atomic mass is 35.5. The van der Waals surface area contributed by atoms with Crippen molar-refractivity contribution < 1.29 is 0 Å². The van der Waals surface area contributed by atoms with Crippen molar-refractivity contribution in [3.8, 4) is 0 Å². The minimum atomic E-state index is 0.517. The normalized spacial score (nSPS) is 11.1. The maximum Gasteiger partial charge on any atom is 0.182 e. The Morgan fingerprint density at radius 2 is 2.25 bits per heavy atom. The number of aromatic nitrogens is 6. The molecule has 16 heavy (non-hydrogen) atoms. The monoisotopic (exact) mass is 234 g/mol. The lowest BCUT2D eigenvalue weighted by molar-refractivity contribution is 0.881.